The fourth-order valence-electron chi connectivity index (χ4n) is 0. The van der Waals surface area contributed by atoms with E-state index >= 15 is 0 Å². The second-order valence-corrected chi connectivity index (χ2v) is 3.29. The number of hydrogen-bond donors (Lipinski definition) is 2. The number of aliphatic hydroxyl groups is 2. The normalized spacial score (nSPS) is 12.2. The molecule has 0 aromatic heterocycles. The molecule has 3 nitrogen and oxygen atoms in total. The van der Waals surface area contributed by atoms with E-state index in [1.165, 1.54) is 6.08 Å². The first-order valence-corrected chi connectivity index (χ1v) is 5.29. The van der Waals surface area contributed by atoms with Crippen LogP contribution < -0.4 is 0 Å². The molecule has 0 saturated heterocycles. The maximum Gasteiger partial charge on any atom is 0.129 e. The van der Waals surface area contributed by atoms with Crippen LogP contribution in [0.2, 0.25) is 0 Å². The minimum absolute atomic E-state index is 0.116. The smallest absolute Gasteiger partial charge is 0.129 e. The summed E-state index contributed by atoms with van der Waals surface area (Å²) >= 11 is 0. The minimum atomic E-state index is -0.352. The number of carbonyl (C=O) groups excluding carboxylic acids is 1. The molecule has 0 saturated carbocycles. The van der Waals surface area contributed by atoms with E-state index < -0.39 is 0 Å². The molecule has 0 bridgehead atoms. The van der Waals surface area contributed by atoms with Crippen LogP contribution in [0.1, 0.15) is 47.5 Å². The topological polar surface area (TPSA) is 57.5 Å². The van der Waals surface area contributed by atoms with Crippen LogP contribution in [0.25, 0.3) is 0 Å². The molecule has 2 unspecified atom stereocenters. The molecule has 0 rings (SSSR count). The van der Waals surface area contributed by atoms with E-state index in [-0.39, 0.29) is 18.0 Å². The third kappa shape index (κ3) is 60.2. The average Bonchev–Trinajstić information content (AvgIpc) is 2.19. The van der Waals surface area contributed by atoms with Crippen molar-refractivity contribution in [1.82, 2.24) is 0 Å². The van der Waals surface area contributed by atoms with E-state index in [9.17, 15) is 4.79 Å². The molecule has 0 aromatic carbocycles. The van der Waals surface area contributed by atoms with Gasteiger partial charge in [0.1, 0.15) is 5.78 Å². The standard InChI is InChI=1S/C4H10O.2C4H8O/c3*1-3-4(2)5/h4-5H,3H2,1-2H3;3H2,1-2H3;3-5H,1H2,2H3. The lowest BCUT2D eigenvalue weighted by Gasteiger charge is -1.90. The summed E-state index contributed by atoms with van der Waals surface area (Å²) in [5.74, 6) is 0.255. The Bertz CT molecular complexity index is 140. The summed E-state index contributed by atoms with van der Waals surface area (Å²) in [5, 5.41) is 16.6. The highest BCUT2D eigenvalue weighted by molar-refractivity contribution is 5.74. The number of rotatable bonds is 3. The zero-order chi connectivity index (χ0) is 12.9. The molecule has 2 atom stereocenters. The summed E-state index contributed by atoms with van der Waals surface area (Å²) in [7, 11) is 0. The second kappa shape index (κ2) is 15.8. The molecule has 92 valence electrons. The molecule has 0 aromatic rings. The summed E-state index contributed by atoms with van der Waals surface area (Å²) in [6, 6.07) is 0. The van der Waals surface area contributed by atoms with Crippen molar-refractivity contribution in [2.24, 2.45) is 0 Å². The van der Waals surface area contributed by atoms with Crippen LogP contribution in [0.5, 0.6) is 0 Å². The zero-order valence-corrected chi connectivity index (χ0v) is 10.7. The van der Waals surface area contributed by atoms with Gasteiger partial charge < -0.3 is 15.0 Å². The molecule has 3 heteroatoms. The number of aliphatic hydroxyl groups excluding tert-OH is 2. The molecule has 0 heterocycles. The van der Waals surface area contributed by atoms with Crippen LogP contribution in [0, 0.1) is 0 Å². The van der Waals surface area contributed by atoms with Gasteiger partial charge in [-0.2, -0.15) is 0 Å². The third-order valence-electron chi connectivity index (χ3n) is 1.43. The largest absolute Gasteiger partial charge is 0.393 e. The zero-order valence-electron chi connectivity index (χ0n) is 10.7. The SMILES string of the molecule is C=CC(C)O.CCC(C)=O.CCC(C)O. The summed E-state index contributed by atoms with van der Waals surface area (Å²) in [6.45, 7) is 12.1. The molecule has 15 heavy (non-hydrogen) atoms. The van der Waals surface area contributed by atoms with Crippen LogP contribution in [-0.4, -0.2) is 28.2 Å². The Morgan fingerprint density at radius 2 is 1.53 bits per heavy atom. The first-order valence-electron chi connectivity index (χ1n) is 5.29. The Hall–Kier alpha value is -0.670. The van der Waals surface area contributed by atoms with Gasteiger partial charge in [0.25, 0.3) is 0 Å². The molecular formula is C12H26O3. The maximum absolute atomic E-state index is 9.81. The van der Waals surface area contributed by atoms with E-state index in [1.54, 1.807) is 20.8 Å². The lowest BCUT2D eigenvalue weighted by Crippen LogP contribution is -1.93. The Labute approximate surface area is 93.8 Å². The predicted octanol–water partition coefficient (Wildman–Crippen LogP) is 2.32. The van der Waals surface area contributed by atoms with Gasteiger partial charge in [-0.25, -0.2) is 0 Å². The number of hydrogen-bond acceptors (Lipinski definition) is 3. The van der Waals surface area contributed by atoms with Gasteiger partial charge >= 0.3 is 0 Å². The first-order chi connectivity index (χ1) is 6.81. The van der Waals surface area contributed by atoms with Gasteiger partial charge in [-0.3, -0.25) is 0 Å². The van der Waals surface area contributed by atoms with Gasteiger partial charge in [0.05, 0.1) is 12.2 Å². The second-order valence-electron chi connectivity index (χ2n) is 3.29. The predicted molar refractivity (Wildman–Crippen MR) is 64.8 cm³/mol. The maximum atomic E-state index is 9.81. The van der Waals surface area contributed by atoms with Crippen molar-refractivity contribution < 1.29 is 15.0 Å². The summed E-state index contributed by atoms with van der Waals surface area (Å²) in [4.78, 5) is 9.81. The molecular weight excluding hydrogens is 192 g/mol. The van der Waals surface area contributed by atoms with Crippen molar-refractivity contribution >= 4 is 5.78 Å². The Morgan fingerprint density at radius 3 is 1.53 bits per heavy atom. The van der Waals surface area contributed by atoms with Gasteiger partial charge in [-0.15, -0.1) is 6.58 Å². The van der Waals surface area contributed by atoms with Crippen LogP contribution in [0.4, 0.5) is 0 Å². The van der Waals surface area contributed by atoms with Crippen molar-refractivity contribution in [3.8, 4) is 0 Å². The van der Waals surface area contributed by atoms with E-state index in [4.69, 9.17) is 10.2 Å². The highest BCUT2D eigenvalue weighted by atomic mass is 16.3. The van der Waals surface area contributed by atoms with Crippen molar-refractivity contribution in [3.05, 3.63) is 12.7 Å². The van der Waals surface area contributed by atoms with E-state index in [0.29, 0.717) is 6.42 Å². The van der Waals surface area contributed by atoms with Gasteiger partial charge in [0, 0.05) is 6.42 Å². The molecule has 0 aliphatic heterocycles. The lowest BCUT2D eigenvalue weighted by atomic mass is 10.3. The minimum Gasteiger partial charge on any atom is -0.393 e. The van der Waals surface area contributed by atoms with E-state index in [1.807, 2.05) is 13.8 Å². The van der Waals surface area contributed by atoms with E-state index in [2.05, 4.69) is 6.58 Å². The Balaban J connectivity index is -0.000000144. The van der Waals surface area contributed by atoms with Crippen LogP contribution in [0.15, 0.2) is 12.7 Å². The van der Waals surface area contributed by atoms with Crippen molar-refractivity contribution in [2.45, 2.75) is 59.7 Å². The molecule has 0 radical (unpaired) electrons. The number of carbonyl (C=O) groups is 1. The number of Topliss-reactive ketones (excluding diaryl/α,β-unsaturated/α-hetero) is 1. The fourth-order valence-corrected chi connectivity index (χ4v) is 0. The molecule has 0 fully saturated rings. The van der Waals surface area contributed by atoms with Crippen LogP contribution in [-0.2, 0) is 4.79 Å². The van der Waals surface area contributed by atoms with Crippen molar-refractivity contribution in [3.63, 3.8) is 0 Å². The molecule has 0 aliphatic carbocycles. The average molecular weight is 218 g/mol. The van der Waals surface area contributed by atoms with Crippen LogP contribution in [0.3, 0.4) is 0 Å². The quantitative estimate of drug-likeness (QED) is 0.715. The van der Waals surface area contributed by atoms with Gasteiger partial charge in [-0.1, -0.05) is 19.9 Å². The highest BCUT2D eigenvalue weighted by Crippen LogP contribution is 1.81. The number of ketones is 1. The molecule has 0 aliphatic rings. The molecule has 0 amide bonds. The summed E-state index contributed by atoms with van der Waals surface area (Å²) in [6.07, 6.45) is 2.53. The first kappa shape index (κ1) is 19.8. The van der Waals surface area contributed by atoms with Gasteiger partial charge in [0.15, 0.2) is 0 Å². The Morgan fingerprint density at radius 1 is 1.33 bits per heavy atom. The van der Waals surface area contributed by atoms with Gasteiger partial charge in [-0.05, 0) is 27.2 Å². The van der Waals surface area contributed by atoms with Crippen molar-refractivity contribution in [1.29, 1.82) is 0 Å². The Kier molecular flexibility index (Phi) is 20.9. The summed E-state index contributed by atoms with van der Waals surface area (Å²) in [5.41, 5.74) is 0. The lowest BCUT2D eigenvalue weighted by molar-refractivity contribution is -0.116. The van der Waals surface area contributed by atoms with Crippen molar-refractivity contribution in [2.75, 3.05) is 0 Å². The van der Waals surface area contributed by atoms with Gasteiger partial charge in [0.2, 0.25) is 0 Å². The summed E-state index contributed by atoms with van der Waals surface area (Å²) < 4.78 is 0. The molecule has 0 spiro atoms. The monoisotopic (exact) mass is 218 g/mol. The van der Waals surface area contributed by atoms with E-state index in [0.717, 1.165) is 6.42 Å². The fraction of sp³-hybridized carbons (Fsp3) is 0.750. The third-order valence-corrected chi connectivity index (χ3v) is 1.43. The van der Waals surface area contributed by atoms with Crippen LogP contribution >= 0.6 is 0 Å². The molecule has 2 N–H and O–H groups in total. The highest BCUT2D eigenvalue weighted by Gasteiger charge is 1.81.